The van der Waals surface area contributed by atoms with Gasteiger partial charge in [0.25, 0.3) is 0 Å². The van der Waals surface area contributed by atoms with Gasteiger partial charge >= 0.3 is 0 Å². The van der Waals surface area contributed by atoms with Crippen LogP contribution in [0.3, 0.4) is 0 Å². The molecule has 0 aromatic carbocycles. The Balaban J connectivity index is 2.08. The number of ether oxygens (including phenoxy) is 2. The van der Waals surface area contributed by atoms with Crippen LogP contribution in [0.15, 0.2) is 12.1 Å². The maximum atomic E-state index is 8.78. The Morgan fingerprint density at radius 2 is 2.19 bits per heavy atom. The van der Waals surface area contributed by atoms with Crippen molar-refractivity contribution in [2.75, 3.05) is 13.2 Å². The number of hydrogen-bond donors (Lipinski definition) is 0. The largest absolute Gasteiger partial charge is 0.474 e. The minimum Gasteiger partial charge on any atom is -0.474 e. The molecule has 0 spiro atoms. The summed E-state index contributed by atoms with van der Waals surface area (Å²) in [4.78, 5) is 4.03. The Morgan fingerprint density at radius 1 is 1.44 bits per heavy atom. The van der Waals surface area contributed by atoms with Gasteiger partial charge in [0.1, 0.15) is 11.3 Å². The maximum absolute atomic E-state index is 8.78. The van der Waals surface area contributed by atoms with Gasteiger partial charge in [-0.25, -0.2) is 4.98 Å². The van der Waals surface area contributed by atoms with Crippen molar-refractivity contribution in [3.8, 4) is 11.9 Å². The van der Waals surface area contributed by atoms with E-state index in [0.29, 0.717) is 24.7 Å². The monoisotopic (exact) mass is 238 g/mol. The third-order valence-electron chi connectivity index (χ3n) is 2.36. The third-order valence-corrected chi connectivity index (χ3v) is 2.55. The normalized spacial score (nSPS) is 16.8. The molecule has 0 aliphatic carbocycles. The molecule has 0 N–H and O–H groups in total. The Kier molecular flexibility index (Phi) is 3.60. The molecular formula is C11H11ClN2O2. The van der Waals surface area contributed by atoms with Gasteiger partial charge in [0.2, 0.25) is 5.88 Å². The van der Waals surface area contributed by atoms with Gasteiger partial charge in [-0.15, -0.1) is 0 Å². The number of nitrogens with zero attached hydrogens (tertiary/aromatic N) is 2. The molecule has 1 fully saturated rings. The molecule has 0 amide bonds. The molecule has 84 valence electrons. The predicted molar refractivity (Wildman–Crippen MR) is 58.4 cm³/mol. The summed E-state index contributed by atoms with van der Waals surface area (Å²) in [6.45, 7) is 1.41. The Labute approximate surface area is 98.8 Å². The zero-order valence-electron chi connectivity index (χ0n) is 8.65. The topological polar surface area (TPSA) is 55.1 Å². The van der Waals surface area contributed by atoms with E-state index in [2.05, 4.69) is 4.98 Å². The van der Waals surface area contributed by atoms with E-state index in [4.69, 9.17) is 26.3 Å². The van der Waals surface area contributed by atoms with Crippen LogP contribution in [0.25, 0.3) is 0 Å². The highest BCUT2D eigenvalue weighted by Crippen LogP contribution is 2.19. The molecule has 5 heteroatoms. The Bertz CT molecular complexity index is 411. The molecule has 2 heterocycles. The zero-order chi connectivity index (χ0) is 11.4. The first kappa shape index (κ1) is 11.2. The van der Waals surface area contributed by atoms with Crippen LogP contribution in [0.4, 0.5) is 0 Å². The van der Waals surface area contributed by atoms with Crippen molar-refractivity contribution in [3.05, 3.63) is 22.8 Å². The first-order valence-electron chi connectivity index (χ1n) is 5.10. The average molecular weight is 239 g/mol. The van der Waals surface area contributed by atoms with Crippen LogP contribution in [0.1, 0.15) is 18.4 Å². The molecule has 0 bridgehead atoms. The van der Waals surface area contributed by atoms with E-state index in [1.54, 1.807) is 6.07 Å². The second kappa shape index (κ2) is 5.15. The van der Waals surface area contributed by atoms with Crippen molar-refractivity contribution in [2.24, 2.45) is 0 Å². The third kappa shape index (κ3) is 2.84. The summed E-state index contributed by atoms with van der Waals surface area (Å²) in [5, 5.41) is 9.06. The highest BCUT2D eigenvalue weighted by atomic mass is 35.5. The van der Waals surface area contributed by atoms with Crippen molar-refractivity contribution in [3.63, 3.8) is 0 Å². The molecule has 1 aliphatic rings. The average Bonchev–Trinajstić information content (AvgIpc) is 2.29. The molecule has 2 rings (SSSR count). The van der Waals surface area contributed by atoms with E-state index in [1.165, 1.54) is 6.07 Å². The molecule has 16 heavy (non-hydrogen) atoms. The van der Waals surface area contributed by atoms with E-state index in [0.717, 1.165) is 12.8 Å². The summed E-state index contributed by atoms with van der Waals surface area (Å²) in [6, 6.07) is 5.13. The van der Waals surface area contributed by atoms with Gasteiger partial charge in [-0.1, -0.05) is 11.6 Å². The van der Waals surface area contributed by atoms with E-state index in [1.807, 2.05) is 6.07 Å². The number of hydrogen-bond acceptors (Lipinski definition) is 4. The fraction of sp³-hybridized carbons (Fsp3) is 0.455. The molecule has 0 unspecified atom stereocenters. The smallest absolute Gasteiger partial charge is 0.216 e. The van der Waals surface area contributed by atoms with Gasteiger partial charge in [-0.05, 0) is 6.07 Å². The molecular weight excluding hydrogens is 228 g/mol. The minimum atomic E-state index is 0.103. The van der Waals surface area contributed by atoms with Crippen LogP contribution in [0.2, 0.25) is 5.15 Å². The second-order valence-corrected chi connectivity index (χ2v) is 3.95. The maximum Gasteiger partial charge on any atom is 0.216 e. The fourth-order valence-electron chi connectivity index (χ4n) is 1.56. The van der Waals surface area contributed by atoms with Crippen LogP contribution in [-0.2, 0) is 4.74 Å². The molecule has 0 saturated carbocycles. The summed E-state index contributed by atoms with van der Waals surface area (Å²) >= 11 is 5.78. The van der Waals surface area contributed by atoms with Crippen molar-refractivity contribution in [2.45, 2.75) is 18.9 Å². The number of nitriles is 1. The molecule has 1 saturated heterocycles. The molecule has 0 atom stereocenters. The lowest BCUT2D eigenvalue weighted by atomic mass is 10.1. The van der Waals surface area contributed by atoms with Gasteiger partial charge < -0.3 is 9.47 Å². The Hall–Kier alpha value is -1.31. The number of halogens is 1. The van der Waals surface area contributed by atoms with Crippen molar-refractivity contribution in [1.29, 1.82) is 5.26 Å². The highest BCUT2D eigenvalue weighted by Gasteiger charge is 2.16. The van der Waals surface area contributed by atoms with Crippen LogP contribution in [0, 0.1) is 11.3 Å². The number of rotatable bonds is 2. The highest BCUT2D eigenvalue weighted by molar-refractivity contribution is 6.29. The van der Waals surface area contributed by atoms with Crippen molar-refractivity contribution in [1.82, 2.24) is 4.98 Å². The lowest BCUT2D eigenvalue weighted by molar-refractivity contribution is 0.0237. The lowest BCUT2D eigenvalue weighted by Crippen LogP contribution is -2.26. The number of aromatic nitrogens is 1. The van der Waals surface area contributed by atoms with Gasteiger partial charge in [-0.2, -0.15) is 5.26 Å². The SMILES string of the molecule is N#Cc1cc(Cl)nc(OC2CCOCC2)c1. The summed E-state index contributed by atoms with van der Waals surface area (Å²) in [6.07, 6.45) is 1.79. The van der Waals surface area contributed by atoms with Gasteiger partial charge in [0.05, 0.1) is 24.8 Å². The van der Waals surface area contributed by atoms with Crippen LogP contribution in [0.5, 0.6) is 5.88 Å². The van der Waals surface area contributed by atoms with Crippen molar-refractivity contribution < 1.29 is 9.47 Å². The summed E-state index contributed by atoms with van der Waals surface area (Å²) in [5.74, 6) is 0.413. The fourth-order valence-corrected chi connectivity index (χ4v) is 1.76. The number of pyridine rings is 1. The van der Waals surface area contributed by atoms with Crippen molar-refractivity contribution >= 4 is 11.6 Å². The molecule has 4 nitrogen and oxygen atoms in total. The summed E-state index contributed by atoms with van der Waals surface area (Å²) in [5.41, 5.74) is 0.460. The molecule has 1 aromatic heterocycles. The van der Waals surface area contributed by atoms with Gasteiger partial charge in [0.15, 0.2) is 0 Å². The van der Waals surface area contributed by atoms with E-state index in [-0.39, 0.29) is 11.3 Å². The standard InChI is InChI=1S/C11H11ClN2O2/c12-10-5-8(7-13)6-11(14-10)16-9-1-3-15-4-2-9/h5-6,9H,1-4H2. The Morgan fingerprint density at radius 3 is 2.88 bits per heavy atom. The molecule has 0 radical (unpaired) electrons. The first-order chi connectivity index (χ1) is 7.78. The molecule has 1 aromatic rings. The van der Waals surface area contributed by atoms with E-state index in [9.17, 15) is 0 Å². The minimum absolute atomic E-state index is 0.103. The van der Waals surface area contributed by atoms with Gasteiger partial charge in [0, 0.05) is 18.9 Å². The van der Waals surface area contributed by atoms with Gasteiger partial charge in [-0.3, -0.25) is 0 Å². The summed E-state index contributed by atoms with van der Waals surface area (Å²) in [7, 11) is 0. The molecule has 1 aliphatic heterocycles. The lowest BCUT2D eigenvalue weighted by Gasteiger charge is -2.22. The predicted octanol–water partition coefficient (Wildman–Crippen LogP) is 2.16. The van der Waals surface area contributed by atoms with Crippen LogP contribution < -0.4 is 4.74 Å². The van der Waals surface area contributed by atoms with E-state index >= 15 is 0 Å². The zero-order valence-corrected chi connectivity index (χ0v) is 9.41. The van der Waals surface area contributed by atoms with Crippen LogP contribution in [-0.4, -0.2) is 24.3 Å². The second-order valence-electron chi connectivity index (χ2n) is 3.56. The van der Waals surface area contributed by atoms with Crippen LogP contribution >= 0.6 is 11.6 Å². The quantitative estimate of drug-likeness (QED) is 0.741. The first-order valence-corrected chi connectivity index (χ1v) is 5.48. The summed E-state index contributed by atoms with van der Waals surface area (Å²) < 4.78 is 10.9. The van der Waals surface area contributed by atoms with E-state index < -0.39 is 0 Å².